The van der Waals surface area contributed by atoms with Crippen LogP contribution in [0.5, 0.6) is 0 Å². The molecule has 0 aromatic carbocycles. The molecule has 0 aromatic heterocycles. The summed E-state index contributed by atoms with van der Waals surface area (Å²) in [4.78, 5) is 0. The van der Waals surface area contributed by atoms with Crippen molar-refractivity contribution in [2.75, 3.05) is 13.1 Å². The molecule has 1 saturated heterocycles. The minimum absolute atomic E-state index is 0.0656. The second kappa shape index (κ2) is 4.64. The molecule has 2 N–H and O–H groups in total. The van der Waals surface area contributed by atoms with Gasteiger partial charge >= 0.3 is 6.18 Å². The highest BCUT2D eigenvalue weighted by molar-refractivity contribution is 7.90. The third kappa shape index (κ3) is 2.80. The van der Waals surface area contributed by atoms with Crippen molar-refractivity contribution in [2.45, 2.75) is 43.2 Å². The second-order valence-corrected chi connectivity index (χ2v) is 7.25. The van der Waals surface area contributed by atoms with Crippen LogP contribution in [-0.4, -0.2) is 43.3 Å². The standard InChI is InChI=1S/C10H17F3N2O2S/c11-10(12,13)8-3-5-15(6-4-9(8)14)18(16,17)7-1-2-7/h7-9H,1-6,14H2. The number of alkyl halides is 3. The molecule has 1 aliphatic heterocycles. The van der Waals surface area contributed by atoms with Crippen LogP contribution in [0.15, 0.2) is 0 Å². The minimum Gasteiger partial charge on any atom is -0.327 e. The lowest BCUT2D eigenvalue weighted by Crippen LogP contribution is -2.39. The van der Waals surface area contributed by atoms with Crippen LogP contribution in [0.2, 0.25) is 0 Å². The van der Waals surface area contributed by atoms with Crippen LogP contribution in [0.4, 0.5) is 13.2 Å². The van der Waals surface area contributed by atoms with Gasteiger partial charge in [0.05, 0.1) is 11.2 Å². The Morgan fingerprint density at radius 1 is 1.06 bits per heavy atom. The molecule has 2 rings (SSSR count). The highest BCUT2D eigenvalue weighted by Crippen LogP contribution is 2.36. The van der Waals surface area contributed by atoms with Gasteiger partial charge in [0, 0.05) is 19.1 Å². The van der Waals surface area contributed by atoms with Gasteiger partial charge in [-0.05, 0) is 25.7 Å². The van der Waals surface area contributed by atoms with Crippen LogP contribution in [0.25, 0.3) is 0 Å². The Hall–Kier alpha value is -0.340. The normalized spacial score (nSPS) is 32.2. The lowest BCUT2D eigenvalue weighted by atomic mass is 9.95. The monoisotopic (exact) mass is 286 g/mol. The van der Waals surface area contributed by atoms with Crippen LogP contribution in [0, 0.1) is 5.92 Å². The first kappa shape index (κ1) is 14.1. The molecule has 8 heteroatoms. The Labute approximate surface area is 104 Å². The maximum Gasteiger partial charge on any atom is 0.393 e. The first-order valence-electron chi connectivity index (χ1n) is 6.04. The van der Waals surface area contributed by atoms with E-state index in [0.717, 1.165) is 0 Å². The molecule has 106 valence electrons. The van der Waals surface area contributed by atoms with E-state index in [4.69, 9.17) is 5.73 Å². The molecule has 18 heavy (non-hydrogen) atoms. The zero-order valence-electron chi connectivity index (χ0n) is 9.86. The van der Waals surface area contributed by atoms with Gasteiger partial charge in [0.1, 0.15) is 0 Å². The number of rotatable bonds is 2. The van der Waals surface area contributed by atoms with E-state index in [9.17, 15) is 21.6 Å². The summed E-state index contributed by atoms with van der Waals surface area (Å²) in [7, 11) is -3.39. The molecule has 1 aliphatic carbocycles. The largest absolute Gasteiger partial charge is 0.393 e. The van der Waals surface area contributed by atoms with Crippen molar-refractivity contribution in [3.8, 4) is 0 Å². The molecule has 0 amide bonds. The second-order valence-electron chi connectivity index (χ2n) is 5.03. The Balaban J connectivity index is 2.08. The van der Waals surface area contributed by atoms with Gasteiger partial charge < -0.3 is 5.73 Å². The van der Waals surface area contributed by atoms with Gasteiger partial charge in [-0.2, -0.15) is 13.2 Å². The molecule has 2 atom stereocenters. The zero-order valence-corrected chi connectivity index (χ0v) is 10.7. The quantitative estimate of drug-likeness (QED) is 0.826. The summed E-state index contributed by atoms with van der Waals surface area (Å²) in [5.41, 5.74) is 5.52. The predicted octanol–water partition coefficient (Wildman–Crippen LogP) is 1.08. The first-order valence-corrected chi connectivity index (χ1v) is 7.54. The summed E-state index contributed by atoms with van der Waals surface area (Å²) in [6.07, 6.45) is -3.29. The number of nitrogens with zero attached hydrogens (tertiary/aromatic N) is 1. The van der Waals surface area contributed by atoms with Gasteiger partial charge in [0.2, 0.25) is 10.0 Å². The number of sulfonamides is 1. The maximum absolute atomic E-state index is 12.7. The zero-order chi connectivity index (χ0) is 13.6. The Kier molecular flexibility index (Phi) is 3.63. The summed E-state index contributed by atoms with van der Waals surface area (Å²) < 4.78 is 63.3. The topological polar surface area (TPSA) is 63.4 Å². The fraction of sp³-hybridized carbons (Fsp3) is 1.00. The van der Waals surface area contributed by atoms with Crippen molar-refractivity contribution < 1.29 is 21.6 Å². The SMILES string of the molecule is NC1CCN(S(=O)(=O)C2CC2)CCC1C(F)(F)F. The van der Waals surface area contributed by atoms with Crippen molar-refractivity contribution in [2.24, 2.45) is 11.7 Å². The summed E-state index contributed by atoms with van der Waals surface area (Å²) in [6, 6.07) is -1.01. The number of hydrogen-bond donors (Lipinski definition) is 1. The summed E-state index contributed by atoms with van der Waals surface area (Å²) in [5, 5.41) is -0.379. The van der Waals surface area contributed by atoms with Gasteiger partial charge in [0.25, 0.3) is 0 Å². The minimum atomic E-state index is -4.35. The first-order chi connectivity index (χ1) is 8.23. The summed E-state index contributed by atoms with van der Waals surface area (Å²) in [5.74, 6) is -1.60. The molecule has 1 saturated carbocycles. The third-order valence-corrected chi connectivity index (χ3v) is 6.04. The average molecular weight is 286 g/mol. The highest BCUT2D eigenvalue weighted by atomic mass is 32.2. The van der Waals surface area contributed by atoms with Gasteiger partial charge in [-0.25, -0.2) is 12.7 Å². The summed E-state index contributed by atoms with van der Waals surface area (Å²) in [6.45, 7) is 0.0310. The van der Waals surface area contributed by atoms with Crippen molar-refractivity contribution >= 4 is 10.0 Å². The Bertz CT molecular complexity index is 406. The lowest BCUT2D eigenvalue weighted by Gasteiger charge is -2.23. The van der Waals surface area contributed by atoms with E-state index in [1.807, 2.05) is 0 Å². The average Bonchev–Trinajstić information content (AvgIpc) is 3.01. The molecule has 0 bridgehead atoms. The van der Waals surface area contributed by atoms with E-state index >= 15 is 0 Å². The van der Waals surface area contributed by atoms with Crippen molar-refractivity contribution in [1.82, 2.24) is 4.31 Å². The molecular formula is C10H17F3N2O2S. The molecule has 0 aromatic rings. The molecule has 0 spiro atoms. The van der Waals surface area contributed by atoms with E-state index in [2.05, 4.69) is 0 Å². The lowest BCUT2D eigenvalue weighted by molar-refractivity contribution is -0.180. The molecule has 2 unspecified atom stereocenters. The maximum atomic E-state index is 12.7. The van der Waals surface area contributed by atoms with Gasteiger partial charge in [-0.3, -0.25) is 0 Å². The smallest absolute Gasteiger partial charge is 0.327 e. The highest BCUT2D eigenvalue weighted by Gasteiger charge is 2.47. The van der Waals surface area contributed by atoms with Gasteiger partial charge in [-0.15, -0.1) is 0 Å². The molecule has 1 heterocycles. The number of hydrogen-bond acceptors (Lipinski definition) is 3. The van der Waals surface area contributed by atoms with Crippen LogP contribution in [0.1, 0.15) is 25.7 Å². The fourth-order valence-electron chi connectivity index (χ4n) is 2.34. The predicted molar refractivity (Wildman–Crippen MR) is 60.3 cm³/mol. The van der Waals surface area contributed by atoms with Crippen LogP contribution in [0.3, 0.4) is 0 Å². The van der Waals surface area contributed by atoms with Gasteiger partial charge in [0.15, 0.2) is 0 Å². The fourth-order valence-corrected chi connectivity index (χ4v) is 4.21. The molecule has 2 fully saturated rings. The third-order valence-electron chi connectivity index (χ3n) is 3.64. The molecule has 4 nitrogen and oxygen atoms in total. The molecular weight excluding hydrogens is 269 g/mol. The van der Waals surface area contributed by atoms with E-state index in [1.165, 1.54) is 4.31 Å². The van der Waals surface area contributed by atoms with E-state index in [0.29, 0.717) is 12.8 Å². The van der Waals surface area contributed by atoms with Crippen LogP contribution < -0.4 is 5.73 Å². The van der Waals surface area contributed by atoms with Crippen molar-refractivity contribution in [3.63, 3.8) is 0 Å². The van der Waals surface area contributed by atoms with Crippen molar-refractivity contribution in [3.05, 3.63) is 0 Å². The number of nitrogens with two attached hydrogens (primary N) is 1. The number of halogens is 3. The van der Waals surface area contributed by atoms with Crippen molar-refractivity contribution in [1.29, 1.82) is 0 Å². The van der Waals surface area contributed by atoms with E-state index < -0.39 is 28.2 Å². The van der Waals surface area contributed by atoms with Gasteiger partial charge in [-0.1, -0.05) is 0 Å². The van der Waals surface area contributed by atoms with Crippen LogP contribution in [-0.2, 0) is 10.0 Å². The van der Waals surface area contributed by atoms with Crippen LogP contribution >= 0.6 is 0 Å². The molecule has 2 aliphatic rings. The Morgan fingerprint density at radius 2 is 1.61 bits per heavy atom. The van der Waals surface area contributed by atoms with E-state index in [1.54, 1.807) is 0 Å². The molecule has 0 radical (unpaired) electrons. The summed E-state index contributed by atoms with van der Waals surface area (Å²) >= 11 is 0. The Morgan fingerprint density at radius 3 is 2.11 bits per heavy atom. The van der Waals surface area contributed by atoms with E-state index in [-0.39, 0.29) is 31.2 Å².